The van der Waals surface area contributed by atoms with Gasteiger partial charge in [-0.3, -0.25) is 0 Å². The van der Waals surface area contributed by atoms with Gasteiger partial charge in [0.05, 0.1) is 33.7 Å². The van der Waals surface area contributed by atoms with Crippen molar-refractivity contribution in [3.8, 4) is 44.8 Å². The van der Waals surface area contributed by atoms with Crippen molar-refractivity contribution in [2.45, 2.75) is 0 Å². The highest BCUT2D eigenvalue weighted by atomic mass is 79.9. The molecule has 8 rings (SSSR count). The van der Waals surface area contributed by atoms with Crippen LogP contribution < -0.4 is 5.73 Å². The molecule has 0 amide bonds. The van der Waals surface area contributed by atoms with Crippen LogP contribution in [-0.4, -0.2) is 21.0 Å². The molecule has 3 N–H and O–H groups in total. The van der Waals surface area contributed by atoms with Crippen LogP contribution in [0.3, 0.4) is 0 Å². The van der Waals surface area contributed by atoms with E-state index in [1.54, 1.807) is 0 Å². The number of nitrogens with zero attached hydrogens (tertiary/aromatic N) is 2. The Morgan fingerprint density at radius 1 is 0.500 bits per heavy atom. The predicted molar refractivity (Wildman–Crippen MR) is 212 cm³/mol. The van der Waals surface area contributed by atoms with E-state index in [2.05, 4.69) is 56.1 Å². The number of pyridine rings is 2. The second-order valence-electron chi connectivity index (χ2n) is 11.6. The lowest BCUT2D eigenvalue weighted by atomic mass is 9.92. The van der Waals surface area contributed by atoms with E-state index in [-0.39, 0.29) is 5.56 Å². The lowest BCUT2D eigenvalue weighted by Crippen LogP contribution is -2.05. The smallest absolute Gasteiger partial charge is 0.337 e. The van der Waals surface area contributed by atoms with Crippen molar-refractivity contribution in [2.75, 3.05) is 5.73 Å². The van der Waals surface area contributed by atoms with Crippen LogP contribution in [0, 0.1) is 0 Å². The molecular formula is C43H29Br2N3O2. The fourth-order valence-corrected chi connectivity index (χ4v) is 6.83. The van der Waals surface area contributed by atoms with Crippen LogP contribution in [-0.2, 0) is 0 Å². The van der Waals surface area contributed by atoms with Crippen LogP contribution in [0.5, 0.6) is 0 Å². The second-order valence-corrected chi connectivity index (χ2v) is 13.4. The third-order valence-electron chi connectivity index (χ3n) is 8.37. The summed E-state index contributed by atoms with van der Waals surface area (Å²) in [4.78, 5) is 22.0. The molecule has 0 atom stereocenters. The molecule has 0 aliphatic rings. The first-order valence-electron chi connectivity index (χ1n) is 15.9. The number of nitrogen functional groups attached to an aromatic ring is 1. The number of hydrogen-bond acceptors (Lipinski definition) is 4. The maximum absolute atomic E-state index is 12.3. The predicted octanol–water partition coefficient (Wildman–Crippen LogP) is 11.9. The van der Waals surface area contributed by atoms with Gasteiger partial charge in [0.2, 0.25) is 0 Å². The molecule has 0 aliphatic heterocycles. The molecule has 0 spiro atoms. The number of fused-ring (bicyclic) bond motifs is 2. The first kappa shape index (κ1) is 32.9. The molecule has 0 radical (unpaired) electrons. The Bertz CT molecular complexity index is 2480. The van der Waals surface area contributed by atoms with Crippen molar-refractivity contribution in [3.63, 3.8) is 0 Å². The molecule has 0 saturated heterocycles. The van der Waals surface area contributed by atoms with E-state index in [0.29, 0.717) is 22.2 Å². The van der Waals surface area contributed by atoms with Crippen molar-refractivity contribution in [1.29, 1.82) is 0 Å². The molecule has 2 aromatic heterocycles. The van der Waals surface area contributed by atoms with E-state index in [4.69, 9.17) is 15.7 Å². The van der Waals surface area contributed by atoms with Crippen LogP contribution in [0.4, 0.5) is 5.69 Å². The molecule has 5 nitrogen and oxygen atoms in total. The van der Waals surface area contributed by atoms with Gasteiger partial charge in [0.15, 0.2) is 0 Å². The number of anilines is 1. The molecule has 2 heterocycles. The third kappa shape index (κ3) is 6.66. The number of halogens is 2. The molecule has 8 aromatic rings. The molecule has 0 bridgehead atoms. The van der Waals surface area contributed by atoms with Crippen molar-refractivity contribution < 1.29 is 9.90 Å². The van der Waals surface area contributed by atoms with Gasteiger partial charge in [-0.1, -0.05) is 153 Å². The number of aromatic carboxylic acids is 1. The number of carbonyl (C=O) groups is 1. The zero-order valence-corrected chi connectivity index (χ0v) is 29.8. The first-order chi connectivity index (χ1) is 24.4. The summed E-state index contributed by atoms with van der Waals surface area (Å²) in [5.41, 5.74) is 16.2. The largest absolute Gasteiger partial charge is 0.478 e. The van der Waals surface area contributed by atoms with E-state index >= 15 is 0 Å². The average molecular weight is 780 g/mol. The SMILES string of the molecule is Nc1c(-c2ccccc2)c(-c2ccccc2)nc2ccc(Br)cc12.O=C(O)c1c(-c2ccccc2)c(-c2ccccc2)nc2ccc(Br)cc12. The fourth-order valence-electron chi connectivity index (χ4n) is 6.11. The Hall–Kier alpha value is -5.63. The molecule has 0 unspecified atom stereocenters. The number of benzene rings is 6. The summed E-state index contributed by atoms with van der Waals surface area (Å²) in [6, 6.07) is 51.2. The molecule has 7 heteroatoms. The molecule has 50 heavy (non-hydrogen) atoms. The summed E-state index contributed by atoms with van der Waals surface area (Å²) in [6.45, 7) is 0. The lowest BCUT2D eigenvalue weighted by molar-refractivity contribution is 0.0700. The van der Waals surface area contributed by atoms with Crippen LogP contribution in [0.2, 0.25) is 0 Å². The zero-order valence-electron chi connectivity index (χ0n) is 26.6. The van der Waals surface area contributed by atoms with Gasteiger partial charge in [-0.25, -0.2) is 14.8 Å². The van der Waals surface area contributed by atoms with Gasteiger partial charge in [-0.05, 0) is 47.5 Å². The maximum Gasteiger partial charge on any atom is 0.337 e. The Morgan fingerprint density at radius 2 is 0.880 bits per heavy atom. The van der Waals surface area contributed by atoms with E-state index in [0.717, 1.165) is 59.0 Å². The summed E-state index contributed by atoms with van der Waals surface area (Å²) in [5.74, 6) is -0.966. The normalized spacial score (nSPS) is 10.8. The zero-order chi connectivity index (χ0) is 34.6. The van der Waals surface area contributed by atoms with Gasteiger partial charge >= 0.3 is 5.97 Å². The fraction of sp³-hybridized carbons (Fsp3) is 0. The summed E-state index contributed by atoms with van der Waals surface area (Å²) in [7, 11) is 0. The van der Waals surface area contributed by atoms with E-state index in [9.17, 15) is 9.90 Å². The summed E-state index contributed by atoms with van der Waals surface area (Å²) < 4.78 is 1.82. The first-order valence-corrected chi connectivity index (χ1v) is 17.4. The highest BCUT2D eigenvalue weighted by Gasteiger charge is 2.23. The third-order valence-corrected chi connectivity index (χ3v) is 9.35. The highest BCUT2D eigenvalue weighted by molar-refractivity contribution is 9.10. The number of aromatic nitrogens is 2. The number of nitrogens with two attached hydrogens (primary N) is 1. The summed E-state index contributed by atoms with van der Waals surface area (Å²) in [6.07, 6.45) is 0. The minimum atomic E-state index is -0.966. The molecule has 0 saturated carbocycles. The second kappa shape index (κ2) is 14.5. The Morgan fingerprint density at radius 3 is 1.34 bits per heavy atom. The van der Waals surface area contributed by atoms with Crippen molar-refractivity contribution in [2.24, 2.45) is 0 Å². The summed E-state index contributed by atoms with van der Waals surface area (Å²) in [5, 5.41) is 11.6. The number of hydrogen-bond donors (Lipinski definition) is 2. The van der Waals surface area contributed by atoms with Gasteiger partial charge in [-0.2, -0.15) is 0 Å². The van der Waals surface area contributed by atoms with Crippen molar-refractivity contribution >= 4 is 65.3 Å². The topological polar surface area (TPSA) is 89.1 Å². The van der Waals surface area contributed by atoms with Crippen LogP contribution in [0.25, 0.3) is 66.6 Å². The van der Waals surface area contributed by atoms with Gasteiger partial charge in [0, 0.05) is 42.0 Å². The van der Waals surface area contributed by atoms with Gasteiger partial charge in [-0.15, -0.1) is 0 Å². The number of carboxylic acids is 1. The van der Waals surface area contributed by atoms with Crippen LogP contribution in [0.15, 0.2) is 167 Å². The Labute approximate surface area is 306 Å². The van der Waals surface area contributed by atoms with Gasteiger partial charge < -0.3 is 10.8 Å². The number of rotatable bonds is 5. The quantitative estimate of drug-likeness (QED) is 0.182. The Kier molecular flexibility index (Phi) is 9.52. The minimum absolute atomic E-state index is 0.265. The molecular weight excluding hydrogens is 750 g/mol. The van der Waals surface area contributed by atoms with E-state index in [1.165, 1.54) is 0 Å². The minimum Gasteiger partial charge on any atom is -0.478 e. The van der Waals surface area contributed by atoms with Crippen molar-refractivity contribution in [1.82, 2.24) is 9.97 Å². The molecule has 0 aliphatic carbocycles. The van der Waals surface area contributed by atoms with Crippen LogP contribution >= 0.6 is 31.9 Å². The Balaban J connectivity index is 0.000000157. The standard InChI is InChI=1S/C22H14BrNO2.C21H15BrN2/c23-16-11-12-18-17(13-16)20(22(25)26)19(14-7-3-1-4-8-14)21(24-18)15-9-5-2-6-10-15;22-16-11-12-18-17(13-16)20(23)19(14-7-3-1-4-8-14)21(24-18)15-9-5-2-6-10-15/h1-13H,(H,25,26);1-13H,(H2,23,24). The summed E-state index contributed by atoms with van der Waals surface area (Å²) >= 11 is 6.97. The van der Waals surface area contributed by atoms with E-state index < -0.39 is 5.97 Å². The van der Waals surface area contributed by atoms with E-state index in [1.807, 2.05) is 133 Å². The van der Waals surface area contributed by atoms with Crippen LogP contribution in [0.1, 0.15) is 10.4 Å². The lowest BCUT2D eigenvalue weighted by Gasteiger charge is -2.16. The molecule has 242 valence electrons. The number of carboxylic acid groups (broad SMARTS) is 1. The van der Waals surface area contributed by atoms with Gasteiger partial charge in [0.25, 0.3) is 0 Å². The highest BCUT2D eigenvalue weighted by Crippen LogP contribution is 2.40. The maximum atomic E-state index is 12.3. The molecule has 6 aromatic carbocycles. The monoisotopic (exact) mass is 777 g/mol. The van der Waals surface area contributed by atoms with Crippen molar-refractivity contribution in [3.05, 3.63) is 172 Å². The van der Waals surface area contributed by atoms with Gasteiger partial charge in [0.1, 0.15) is 0 Å². The molecule has 0 fully saturated rings. The average Bonchev–Trinajstić information content (AvgIpc) is 3.16.